The molecule has 0 aliphatic rings. The highest BCUT2D eigenvalue weighted by Gasteiger charge is 2.23. The molecule has 2 N–H and O–H groups in total. The van der Waals surface area contributed by atoms with Gasteiger partial charge in [-0.25, -0.2) is 0 Å². The van der Waals surface area contributed by atoms with Gasteiger partial charge in [-0.05, 0) is 19.1 Å². The lowest BCUT2D eigenvalue weighted by atomic mass is 10.1. The zero-order valence-electron chi connectivity index (χ0n) is 11.5. The molecule has 5 nitrogen and oxygen atoms in total. The van der Waals surface area contributed by atoms with Crippen LogP contribution in [0.3, 0.4) is 0 Å². The van der Waals surface area contributed by atoms with E-state index < -0.39 is 0 Å². The van der Waals surface area contributed by atoms with Crippen LogP contribution in [0.5, 0.6) is 11.5 Å². The van der Waals surface area contributed by atoms with Crippen LogP contribution in [-0.4, -0.2) is 43.1 Å². The number of para-hydroxylation sites is 1. The predicted molar refractivity (Wildman–Crippen MR) is 77.9 cm³/mol. The highest BCUT2D eigenvalue weighted by atomic mass is 32.1. The molecule has 6 heteroatoms. The summed E-state index contributed by atoms with van der Waals surface area (Å²) in [5.74, 6) is 0.678. The van der Waals surface area contributed by atoms with Gasteiger partial charge < -0.3 is 20.1 Å². The van der Waals surface area contributed by atoms with Gasteiger partial charge in [-0.2, -0.15) is 0 Å². The van der Waals surface area contributed by atoms with Crippen LogP contribution in [0.25, 0.3) is 0 Å². The average molecular weight is 282 g/mol. The summed E-state index contributed by atoms with van der Waals surface area (Å²) in [6.45, 7) is 1.77. The standard InChI is InChI=1S/C13H18N2O3S/c1-8(12(14)19)15(2)13(16)9-6-5-7-10(17-3)11(9)18-4/h5-8H,1-4H3,(H2,14,19). The van der Waals surface area contributed by atoms with E-state index in [-0.39, 0.29) is 16.9 Å². The fraction of sp³-hybridized carbons (Fsp3) is 0.385. The number of ether oxygens (including phenoxy) is 2. The maximum absolute atomic E-state index is 12.4. The van der Waals surface area contributed by atoms with Crippen LogP contribution in [0.2, 0.25) is 0 Å². The van der Waals surface area contributed by atoms with E-state index in [1.54, 1.807) is 32.2 Å². The van der Waals surface area contributed by atoms with Crippen molar-refractivity contribution >= 4 is 23.1 Å². The fourth-order valence-corrected chi connectivity index (χ4v) is 1.77. The maximum Gasteiger partial charge on any atom is 0.258 e. The Morgan fingerprint density at radius 3 is 2.47 bits per heavy atom. The molecule has 1 amide bonds. The minimum Gasteiger partial charge on any atom is -0.493 e. The minimum absolute atomic E-state index is 0.226. The highest BCUT2D eigenvalue weighted by Crippen LogP contribution is 2.31. The second-order valence-corrected chi connectivity index (χ2v) is 4.51. The molecule has 0 aliphatic carbocycles. The first-order valence-corrected chi connectivity index (χ1v) is 6.12. The van der Waals surface area contributed by atoms with E-state index in [4.69, 9.17) is 27.4 Å². The van der Waals surface area contributed by atoms with Gasteiger partial charge in [0.05, 0.1) is 30.8 Å². The van der Waals surface area contributed by atoms with Gasteiger partial charge in [-0.1, -0.05) is 18.3 Å². The summed E-state index contributed by atoms with van der Waals surface area (Å²) in [6, 6.07) is 4.80. The number of likely N-dealkylation sites (N-methyl/N-ethyl adjacent to an activating group) is 1. The molecule has 104 valence electrons. The number of nitrogens with zero attached hydrogens (tertiary/aromatic N) is 1. The summed E-state index contributed by atoms with van der Waals surface area (Å²) in [4.78, 5) is 14.1. The molecule has 0 heterocycles. The average Bonchev–Trinajstić information content (AvgIpc) is 2.43. The molecular formula is C13H18N2O3S. The van der Waals surface area contributed by atoms with Crippen molar-refractivity contribution < 1.29 is 14.3 Å². The van der Waals surface area contributed by atoms with E-state index in [9.17, 15) is 4.79 Å². The third kappa shape index (κ3) is 3.14. The molecule has 0 saturated carbocycles. The molecule has 1 rings (SSSR count). The Morgan fingerprint density at radius 2 is 2.00 bits per heavy atom. The lowest BCUT2D eigenvalue weighted by molar-refractivity contribution is 0.0775. The lowest BCUT2D eigenvalue weighted by Crippen LogP contribution is -2.42. The van der Waals surface area contributed by atoms with Crippen LogP contribution < -0.4 is 15.2 Å². The summed E-state index contributed by atoms with van der Waals surface area (Å²) in [5, 5.41) is 0. The summed E-state index contributed by atoms with van der Waals surface area (Å²) >= 11 is 4.90. The number of rotatable bonds is 5. The van der Waals surface area contributed by atoms with Gasteiger partial charge in [-0.3, -0.25) is 4.79 Å². The van der Waals surface area contributed by atoms with Crippen LogP contribution in [-0.2, 0) is 0 Å². The molecule has 0 aromatic heterocycles. The molecule has 0 saturated heterocycles. The number of carbonyl (C=O) groups excluding carboxylic acids is 1. The normalized spacial score (nSPS) is 11.6. The van der Waals surface area contributed by atoms with E-state index in [1.165, 1.54) is 19.1 Å². The Morgan fingerprint density at radius 1 is 1.37 bits per heavy atom. The van der Waals surface area contributed by atoms with Crippen molar-refractivity contribution in [1.29, 1.82) is 0 Å². The smallest absolute Gasteiger partial charge is 0.258 e. The van der Waals surface area contributed by atoms with Crippen molar-refractivity contribution in [2.45, 2.75) is 13.0 Å². The number of amides is 1. The molecule has 1 aromatic rings. The molecule has 0 radical (unpaired) electrons. The quantitative estimate of drug-likeness (QED) is 0.828. The number of carbonyl (C=O) groups is 1. The van der Waals surface area contributed by atoms with Crippen molar-refractivity contribution in [3.8, 4) is 11.5 Å². The Labute approximate surface area is 118 Å². The lowest BCUT2D eigenvalue weighted by Gasteiger charge is -2.25. The molecule has 1 atom stereocenters. The van der Waals surface area contributed by atoms with Gasteiger partial charge in [0.2, 0.25) is 0 Å². The van der Waals surface area contributed by atoms with Crippen LogP contribution >= 0.6 is 12.2 Å². The second kappa shape index (κ2) is 6.38. The Balaban J connectivity index is 3.16. The Bertz CT molecular complexity index is 491. The SMILES string of the molecule is COc1cccc(C(=O)N(C)C(C)C(N)=S)c1OC. The third-order valence-corrected chi connectivity index (χ3v) is 3.29. The zero-order valence-corrected chi connectivity index (χ0v) is 12.3. The highest BCUT2D eigenvalue weighted by molar-refractivity contribution is 7.80. The molecular weight excluding hydrogens is 264 g/mol. The first-order valence-electron chi connectivity index (χ1n) is 5.71. The second-order valence-electron chi connectivity index (χ2n) is 4.04. The van der Waals surface area contributed by atoms with Gasteiger partial charge in [0.25, 0.3) is 5.91 Å². The van der Waals surface area contributed by atoms with Crippen LogP contribution in [0, 0.1) is 0 Å². The van der Waals surface area contributed by atoms with E-state index >= 15 is 0 Å². The molecule has 1 aromatic carbocycles. The van der Waals surface area contributed by atoms with Crippen LogP contribution in [0.4, 0.5) is 0 Å². The predicted octanol–water partition coefficient (Wildman–Crippen LogP) is 1.45. The topological polar surface area (TPSA) is 64.8 Å². The van der Waals surface area contributed by atoms with Gasteiger partial charge in [0, 0.05) is 7.05 Å². The van der Waals surface area contributed by atoms with E-state index in [0.29, 0.717) is 17.1 Å². The monoisotopic (exact) mass is 282 g/mol. The number of benzene rings is 1. The van der Waals surface area contributed by atoms with Crippen molar-refractivity contribution in [2.24, 2.45) is 5.73 Å². The third-order valence-electron chi connectivity index (χ3n) is 2.95. The molecule has 0 fully saturated rings. The number of thiocarbonyl (C=S) groups is 1. The number of methoxy groups -OCH3 is 2. The van der Waals surface area contributed by atoms with E-state index in [1.807, 2.05) is 0 Å². The van der Waals surface area contributed by atoms with E-state index in [2.05, 4.69) is 0 Å². The maximum atomic E-state index is 12.4. The fourth-order valence-electron chi connectivity index (χ4n) is 1.61. The van der Waals surface area contributed by atoms with Gasteiger partial charge in [-0.15, -0.1) is 0 Å². The molecule has 0 spiro atoms. The summed E-state index contributed by atoms with van der Waals surface area (Å²) < 4.78 is 10.4. The van der Waals surface area contributed by atoms with Gasteiger partial charge >= 0.3 is 0 Å². The van der Waals surface area contributed by atoms with Crippen LogP contribution in [0.15, 0.2) is 18.2 Å². The number of nitrogens with two attached hydrogens (primary N) is 1. The van der Waals surface area contributed by atoms with Crippen molar-refractivity contribution in [2.75, 3.05) is 21.3 Å². The van der Waals surface area contributed by atoms with Gasteiger partial charge in [0.1, 0.15) is 0 Å². The van der Waals surface area contributed by atoms with E-state index in [0.717, 1.165) is 0 Å². The molecule has 19 heavy (non-hydrogen) atoms. The molecule has 0 aliphatic heterocycles. The molecule has 1 unspecified atom stereocenters. The Kier molecular flexibility index (Phi) is 5.11. The Hall–Kier alpha value is -1.82. The first kappa shape index (κ1) is 15.2. The largest absolute Gasteiger partial charge is 0.493 e. The number of hydrogen-bond acceptors (Lipinski definition) is 4. The summed E-state index contributed by atoms with van der Waals surface area (Å²) in [6.07, 6.45) is 0. The molecule has 0 bridgehead atoms. The minimum atomic E-state index is -0.335. The van der Waals surface area contributed by atoms with Crippen molar-refractivity contribution in [3.05, 3.63) is 23.8 Å². The van der Waals surface area contributed by atoms with Crippen molar-refractivity contribution in [1.82, 2.24) is 4.90 Å². The summed E-state index contributed by atoms with van der Waals surface area (Å²) in [7, 11) is 4.66. The zero-order chi connectivity index (χ0) is 14.6. The van der Waals surface area contributed by atoms with Crippen LogP contribution in [0.1, 0.15) is 17.3 Å². The van der Waals surface area contributed by atoms with Crippen molar-refractivity contribution in [3.63, 3.8) is 0 Å². The number of hydrogen-bond donors (Lipinski definition) is 1. The first-order chi connectivity index (χ1) is 8.93. The van der Waals surface area contributed by atoms with Gasteiger partial charge in [0.15, 0.2) is 11.5 Å². The summed E-state index contributed by atoms with van der Waals surface area (Å²) in [5.41, 5.74) is 5.97.